The average Bonchev–Trinajstić information content (AvgIpc) is 2.41. The highest BCUT2D eigenvalue weighted by Gasteiger charge is 2.17. The Morgan fingerprint density at radius 3 is 2.55 bits per heavy atom. The number of hydrogen-bond acceptors (Lipinski definition) is 3. The van der Waals surface area contributed by atoms with Crippen molar-refractivity contribution in [2.24, 2.45) is 5.92 Å². The lowest BCUT2D eigenvalue weighted by molar-refractivity contribution is -0.142. The lowest BCUT2D eigenvalue weighted by atomic mass is 10.0. The zero-order chi connectivity index (χ0) is 15.2. The average molecular weight is 285 g/mol. The maximum Gasteiger partial charge on any atom is 0.310 e. The molecule has 0 fully saturated rings. The highest BCUT2D eigenvalue weighted by atomic mass is 16.4. The summed E-state index contributed by atoms with van der Waals surface area (Å²) in [7, 11) is 0. The number of aliphatic hydroxyl groups excluding tert-OH is 1. The quantitative estimate of drug-likeness (QED) is 0.378. The van der Waals surface area contributed by atoms with Gasteiger partial charge < -0.3 is 15.5 Å². The molecule has 1 unspecified atom stereocenters. The summed E-state index contributed by atoms with van der Waals surface area (Å²) >= 11 is 0. The second-order valence-electron chi connectivity index (χ2n) is 4.85. The summed E-state index contributed by atoms with van der Waals surface area (Å²) in [5.74, 6) is -2.04. The van der Waals surface area contributed by atoms with Crippen molar-refractivity contribution < 1.29 is 19.8 Å². The van der Waals surface area contributed by atoms with Crippen LogP contribution in [-0.2, 0) is 9.59 Å². The normalized spacial score (nSPS) is 12.5. The van der Waals surface area contributed by atoms with Crippen LogP contribution in [0.15, 0.2) is 12.2 Å². The van der Waals surface area contributed by atoms with Gasteiger partial charge in [-0.3, -0.25) is 9.59 Å². The van der Waals surface area contributed by atoms with Gasteiger partial charge in [0.2, 0.25) is 5.91 Å². The molecule has 0 aromatic rings. The summed E-state index contributed by atoms with van der Waals surface area (Å²) < 4.78 is 0. The van der Waals surface area contributed by atoms with E-state index in [9.17, 15) is 9.59 Å². The van der Waals surface area contributed by atoms with E-state index in [1.54, 1.807) is 6.08 Å². The van der Waals surface area contributed by atoms with Gasteiger partial charge >= 0.3 is 5.97 Å². The Morgan fingerprint density at radius 2 is 1.95 bits per heavy atom. The Labute approximate surface area is 121 Å². The number of allylic oxidation sites excluding steroid dienone is 1. The van der Waals surface area contributed by atoms with Crippen molar-refractivity contribution in [1.29, 1.82) is 0 Å². The molecule has 20 heavy (non-hydrogen) atoms. The Kier molecular flexibility index (Phi) is 11.8. The number of carbonyl (C=O) groups excluding carboxylic acids is 1. The van der Waals surface area contributed by atoms with Crippen LogP contribution in [0, 0.1) is 5.92 Å². The van der Waals surface area contributed by atoms with E-state index < -0.39 is 11.9 Å². The van der Waals surface area contributed by atoms with Crippen molar-refractivity contribution in [3.63, 3.8) is 0 Å². The first-order chi connectivity index (χ1) is 9.61. The Balaban J connectivity index is 4.00. The van der Waals surface area contributed by atoms with Crippen molar-refractivity contribution in [3.8, 4) is 0 Å². The molecule has 0 aliphatic heterocycles. The number of rotatable bonds is 12. The van der Waals surface area contributed by atoms with Gasteiger partial charge in [0, 0.05) is 19.6 Å². The van der Waals surface area contributed by atoms with Crippen LogP contribution in [0.25, 0.3) is 0 Å². The summed E-state index contributed by atoms with van der Waals surface area (Å²) in [6.45, 7) is 2.54. The van der Waals surface area contributed by atoms with Crippen LogP contribution in [0.3, 0.4) is 0 Å². The van der Waals surface area contributed by atoms with Crippen molar-refractivity contribution in [3.05, 3.63) is 12.2 Å². The fraction of sp³-hybridized carbons (Fsp3) is 0.733. The zero-order valence-electron chi connectivity index (χ0n) is 12.3. The molecule has 0 spiro atoms. The lowest BCUT2D eigenvalue weighted by Gasteiger charge is -2.08. The van der Waals surface area contributed by atoms with E-state index in [1.807, 2.05) is 6.08 Å². The van der Waals surface area contributed by atoms with Crippen molar-refractivity contribution in [2.75, 3.05) is 13.2 Å². The summed E-state index contributed by atoms with van der Waals surface area (Å²) in [6, 6.07) is 0. The van der Waals surface area contributed by atoms with E-state index in [1.165, 1.54) is 12.8 Å². The monoisotopic (exact) mass is 285 g/mol. The molecule has 0 saturated carbocycles. The predicted molar refractivity (Wildman–Crippen MR) is 78.4 cm³/mol. The van der Waals surface area contributed by atoms with E-state index in [0.717, 1.165) is 19.3 Å². The minimum Gasteiger partial charge on any atom is -0.481 e. The first-order valence-corrected chi connectivity index (χ1v) is 7.38. The van der Waals surface area contributed by atoms with Crippen LogP contribution < -0.4 is 5.32 Å². The first kappa shape index (κ1) is 18.6. The topological polar surface area (TPSA) is 86.6 Å². The summed E-state index contributed by atoms with van der Waals surface area (Å²) in [4.78, 5) is 22.6. The van der Waals surface area contributed by atoms with Gasteiger partial charge in [0.25, 0.3) is 0 Å². The van der Waals surface area contributed by atoms with Gasteiger partial charge in [-0.05, 0) is 19.3 Å². The summed E-state index contributed by atoms with van der Waals surface area (Å²) in [5, 5.41) is 20.3. The standard InChI is InChI=1S/C15H27NO4/c1-2-3-4-5-6-7-9-13(15(19)20)12-14(18)16-10-8-11-17/h7,9,13,17H,2-6,8,10-12H2,1H3,(H,16,18)(H,19,20). The van der Waals surface area contributed by atoms with E-state index in [4.69, 9.17) is 10.2 Å². The molecule has 0 heterocycles. The van der Waals surface area contributed by atoms with Crippen molar-refractivity contribution >= 4 is 11.9 Å². The highest BCUT2D eigenvalue weighted by Crippen LogP contribution is 2.09. The number of aliphatic hydroxyl groups is 1. The number of amides is 1. The molecular formula is C15H27NO4. The number of aliphatic carboxylic acids is 1. The molecule has 0 aromatic heterocycles. The molecule has 5 nitrogen and oxygen atoms in total. The number of carbonyl (C=O) groups is 2. The Morgan fingerprint density at radius 1 is 1.20 bits per heavy atom. The molecule has 116 valence electrons. The van der Waals surface area contributed by atoms with Gasteiger partial charge in [0.1, 0.15) is 0 Å². The molecule has 0 radical (unpaired) electrons. The van der Waals surface area contributed by atoms with E-state index >= 15 is 0 Å². The van der Waals surface area contributed by atoms with Gasteiger partial charge in [0.05, 0.1) is 5.92 Å². The molecule has 0 aromatic carbocycles. The Bertz CT molecular complexity index is 302. The van der Waals surface area contributed by atoms with E-state index in [-0.39, 0.29) is 18.9 Å². The van der Waals surface area contributed by atoms with Gasteiger partial charge in [-0.2, -0.15) is 0 Å². The molecule has 5 heteroatoms. The molecule has 0 rings (SSSR count). The summed E-state index contributed by atoms with van der Waals surface area (Å²) in [5.41, 5.74) is 0. The number of nitrogens with one attached hydrogen (secondary N) is 1. The molecule has 0 bridgehead atoms. The maximum absolute atomic E-state index is 11.5. The first-order valence-electron chi connectivity index (χ1n) is 7.38. The van der Waals surface area contributed by atoms with Gasteiger partial charge in [-0.25, -0.2) is 0 Å². The molecular weight excluding hydrogens is 258 g/mol. The SMILES string of the molecule is CCCCCCC=CC(CC(=O)NCCCO)C(=O)O. The molecule has 3 N–H and O–H groups in total. The van der Waals surface area contributed by atoms with Crippen LogP contribution in [0.2, 0.25) is 0 Å². The smallest absolute Gasteiger partial charge is 0.310 e. The molecule has 0 aliphatic rings. The number of unbranched alkanes of at least 4 members (excludes halogenated alkanes) is 4. The fourth-order valence-corrected chi connectivity index (χ4v) is 1.77. The minimum atomic E-state index is -0.980. The van der Waals surface area contributed by atoms with E-state index in [0.29, 0.717) is 13.0 Å². The second kappa shape index (κ2) is 12.7. The van der Waals surface area contributed by atoms with Crippen molar-refractivity contribution in [1.82, 2.24) is 5.32 Å². The van der Waals surface area contributed by atoms with Crippen molar-refractivity contribution in [2.45, 2.75) is 51.9 Å². The predicted octanol–water partition coefficient (Wildman–Crippen LogP) is 2.10. The van der Waals surface area contributed by atoms with Crippen LogP contribution in [0.4, 0.5) is 0 Å². The maximum atomic E-state index is 11.5. The number of carboxylic acids is 1. The molecule has 1 amide bonds. The van der Waals surface area contributed by atoms with Gasteiger partial charge in [-0.1, -0.05) is 38.3 Å². The van der Waals surface area contributed by atoms with Crippen LogP contribution in [0.1, 0.15) is 51.9 Å². The third-order valence-corrected chi connectivity index (χ3v) is 2.97. The third-order valence-electron chi connectivity index (χ3n) is 2.97. The van der Waals surface area contributed by atoms with Gasteiger partial charge in [0.15, 0.2) is 0 Å². The van der Waals surface area contributed by atoms with E-state index in [2.05, 4.69) is 12.2 Å². The largest absolute Gasteiger partial charge is 0.481 e. The highest BCUT2D eigenvalue weighted by molar-refractivity contribution is 5.83. The summed E-state index contributed by atoms with van der Waals surface area (Å²) in [6.07, 6.45) is 9.34. The third kappa shape index (κ3) is 10.6. The van der Waals surface area contributed by atoms with Crippen LogP contribution in [-0.4, -0.2) is 35.2 Å². The zero-order valence-corrected chi connectivity index (χ0v) is 12.3. The Hall–Kier alpha value is -1.36. The number of hydrogen-bond donors (Lipinski definition) is 3. The molecule has 0 aliphatic carbocycles. The number of carboxylic acid groups (broad SMARTS) is 1. The van der Waals surface area contributed by atoms with Crippen LogP contribution in [0.5, 0.6) is 0 Å². The fourth-order valence-electron chi connectivity index (χ4n) is 1.77. The van der Waals surface area contributed by atoms with Crippen LogP contribution >= 0.6 is 0 Å². The lowest BCUT2D eigenvalue weighted by Crippen LogP contribution is -2.28. The van der Waals surface area contributed by atoms with Gasteiger partial charge in [-0.15, -0.1) is 0 Å². The molecule has 1 atom stereocenters. The molecule has 0 saturated heterocycles. The minimum absolute atomic E-state index is 0.0142. The second-order valence-corrected chi connectivity index (χ2v) is 4.85.